The average molecular weight is 280 g/mol. The molecule has 0 aliphatic rings. The maximum atomic E-state index is 6.07. The summed E-state index contributed by atoms with van der Waals surface area (Å²) in [6.45, 7) is 5.65. The Bertz CT molecular complexity index is 774. The quantitative estimate of drug-likeness (QED) is 0.730. The van der Waals surface area contributed by atoms with Crippen LogP contribution in [0.5, 0.6) is 5.75 Å². The molecule has 0 aliphatic carbocycles. The third-order valence-corrected chi connectivity index (χ3v) is 3.76. The zero-order valence-corrected chi connectivity index (χ0v) is 12.5. The highest BCUT2D eigenvalue weighted by molar-refractivity contribution is 5.92. The second-order valence-electron chi connectivity index (χ2n) is 5.27. The van der Waals surface area contributed by atoms with Crippen LogP contribution in [0.25, 0.3) is 10.9 Å². The Morgan fingerprint density at radius 1 is 1.10 bits per heavy atom. The molecule has 0 spiro atoms. The zero-order chi connectivity index (χ0) is 14.8. The fourth-order valence-electron chi connectivity index (χ4n) is 2.72. The van der Waals surface area contributed by atoms with Crippen molar-refractivity contribution in [2.24, 2.45) is 0 Å². The SMILES string of the molecule is CCn1c(COc2cccc(C)c2)cc2c(N)cccc21. The van der Waals surface area contributed by atoms with Gasteiger partial charge in [0.05, 0.1) is 11.2 Å². The lowest BCUT2D eigenvalue weighted by Crippen LogP contribution is -2.04. The van der Waals surface area contributed by atoms with Crippen molar-refractivity contribution < 1.29 is 4.74 Å². The lowest BCUT2D eigenvalue weighted by molar-refractivity contribution is 0.296. The second-order valence-corrected chi connectivity index (χ2v) is 5.27. The fourth-order valence-corrected chi connectivity index (χ4v) is 2.72. The number of aryl methyl sites for hydroxylation is 2. The summed E-state index contributed by atoms with van der Waals surface area (Å²) in [7, 11) is 0. The molecule has 2 N–H and O–H groups in total. The largest absolute Gasteiger partial charge is 0.487 e. The van der Waals surface area contributed by atoms with Crippen LogP contribution in [0.1, 0.15) is 18.2 Å². The summed E-state index contributed by atoms with van der Waals surface area (Å²) >= 11 is 0. The Labute approximate surface area is 125 Å². The van der Waals surface area contributed by atoms with Crippen molar-refractivity contribution in [2.45, 2.75) is 27.0 Å². The van der Waals surface area contributed by atoms with Gasteiger partial charge in [-0.05, 0) is 49.7 Å². The number of fused-ring (bicyclic) bond motifs is 1. The van der Waals surface area contributed by atoms with Gasteiger partial charge in [0, 0.05) is 17.6 Å². The minimum absolute atomic E-state index is 0.547. The Hall–Kier alpha value is -2.42. The van der Waals surface area contributed by atoms with E-state index in [0.29, 0.717) is 6.61 Å². The molecule has 3 aromatic rings. The van der Waals surface area contributed by atoms with E-state index >= 15 is 0 Å². The highest BCUT2D eigenvalue weighted by atomic mass is 16.5. The normalized spacial score (nSPS) is 11.0. The van der Waals surface area contributed by atoms with Gasteiger partial charge >= 0.3 is 0 Å². The summed E-state index contributed by atoms with van der Waals surface area (Å²) in [5.41, 5.74) is 10.4. The molecule has 0 radical (unpaired) electrons. The molecule has 0 saturated carbocycles. The maximum Gasteiger partial charge on any atom is 0.128 e. The molecule has 0 amide bonds. The van der Waals surface area contributed by atoms with Crippen LogP contribution in [0.4, 0.5) is 5.69 Å². The maximum absolute atomic E-state index is 6.07. The van der Waals surface area contributed by atoms with Crippen LogP contribution in [-0.4, -0.2) is 4.57 Å². The molecular weight excluding hydrogens is 260 g/mol. The summed E-state index contributed by atoms with van der Waals surface area (Å²) in [4.78, 5) is 0. The molecule has 0 aliphatic heterocycles. The van der Waals surface area contributed by atoms with Crippen molar-refractivity contribution in [3.63, 3.8) is 0 Å². The standard InChI is InChI=1S/C18H20N2O/c1-3-20-14(11-16-17(19)8-5-9-18(16)20)12-21-15-7-4-6-13(2)10-15/h4-11H,3,12,19H2,1-2H3. The number of nitrogen functional groups attached to an aromatic ring is 1. The summed E-state index contributed by atoms with van der Waals surface area (Å²) in [6, 6.07) is 16.3. The zero-order valence-electron chi connectivity index (χ0n) is 12.5. The molecule has 2 aromatic carbocycles. The number of anilines is 1. The number of hydrogen-bond donors (Lipinski definition) is 1. The monoisotopic (exact) mass is 280 g/mol. The van der Waals surface area contributed by atoms with Crippen molar-refractivity contribution in [1.82, 2.24) is 4.57 Å². The molecule has 3 heteroatoms. The number of benzene rings is 2. The van der Waals surface area contributed by atoms with Crippen LogP contribution in [0.3, 0.4) is 0 Å². The van der Waals surface area contributed by atoms with Crippen molar-refractivity contribution in [3.8, 4) is 5.75 Å². The van der Waals surface area contributed by atoms with E-state index in [4.69, 9.17) is 10.5 Å². The Balaban J connectivity index is 1.91. The van der Waals surface area contributed by atoms with Gasteiger partial charge in [0.25, 0.3) is 0 Å². The van der Waals surface area contributed by atoms with Gasteiger partial charge in [0.15, 0.2) is 0 Å². The molecule has 3 rings (SSSR count). The summed E-state index contributed by atoms with van der Waals surface area (Å²) in [5, 5.41) is 1.10. The molecule has 1 aromatic heterocycles. The number of rotatable bonds is 4. The lowest BCUT2D eigenvalue weighted by atomic mass is 10.2. The number of nitrogens with two attached hydrogens (primary N) is 1. The summed E-state index contributed by atoms with van der Waals surface area (Å²) in [5.74, 6) is 0.899. The molecule has 1 heterocycles. The lowest BCUT2D eigenvalue weighted by Gasteiger charge is -2.10. The Morgan fingerprint density at radius 3 is 2.67 bits per heavy atom. The Morgan fingerprint density at radius 2 is 1.90 bits per heavy atom. The first kappa shape index (κ1) is 13.6. The summed E-state index contributed by atoms with van der Waals surface area (Å²) in [6.07, 6.45) is 0. The molecule has 21 heavy (non-hydrogen) atoms. The van der Waals surface area contributed by atoms with E-state index in [9.17, 15) is 0 Å². The van der Waals surface area contributed by atoms with Gasteiger partial charge in [0.2, 0.25) is 0 Å². The van der Waals surface area contributed by atoms with E-state index in [1.807, 2.05) is 30.3 Å². The third kappa shape index (κ3) is 2.59. The molecule has 0 bridgehead atoms. The summed E-state index contributed by atoms with van der Waals surface area (Å²) < 4.78 is 8.17. The van der Waals surface area contributed by atoms with Gasteiger partial charge < -0.3 is 15.0 Å². The van der Waals surface area contributed by atoms with Gasteiger partial charge in [-0.3, -0.25) is 0 Å². The van der Waals surface area contributed by atoms with Crippen LogP contribution < -0.4 is 10.5 Å². The molecule has 0 atom stereocenters. The minimum atomic E-state index is 0.547. The Kier molecular flexibility index (Phi) is 3.57. The molecule has 0 unspecified atom stereocenters. The van der Waals surface area contributed by atoms with Crippen molar-refractivity contribution in [3.05, 3.63) is 59.8 Å². The third-order valence-electron chi connectivity index (χ3n) is 3.76. The van der Waals surface area contributed by atoms with Crippen molar-refractivity contribution >= 4 is 16.6 Å². The van der Waals surface area contributed by atoms with E-state index in [-0.39, 0.29) is 0 Å². The second kappa shape index (κ2) is 5.52. The van der Waals surface area contributed by atoms with Gasteiger partial charge in [-0.1, -0.05) is 18.2 Å². The number of aromatic nitrogens is 1. The molecule has 3 nitrogen and oxygen atoms in total. The minimum Gasteiger partial charge on any atom is -0.487 e. The number of ether oxygens (including phenoxy) is 1. The van der Waals surface area contributed by atoms with Gasteiger partial charge in [-0.25, -0.2) is 0 Å². The van der Waals surface area contributed by atoms with Crippen LogP contribution >= 0.6 is 0 Å². The topological polar surface area (TPSA) is 40.2 Å². The van der Waals surface area contributed by atoms with Crippen LogP contribution in [0.2, 0.25) is 0 Å². The van der Waals surface area contributed by atoms with E-state index in [1.54, 1.807) is 0 Å². The van der Waals surface area contributed by atoms with E-state index in [1.165, 1.54) is 11.1 Å². The molecule has 0 saturated heterocycles. The van der Waals surface area contributed by atoms with Crippen molar-refractivity contribution in [2.75, 3.05) is 5.73 Å². The number of hydrogen-bond acceptors (Lipinski definition) is 2. The predicted molar refractivity (Wildman–Crippen MR) is 87.5 cm³/mol. The van der Waals surface area contributed by atoms with Crippen LogP contribution in [-0.2, 0) is 13.2 Å². The highest BCUT2D eigenvalue weighted by Crippen LogP contribution is 2.26. The molecule has 108 valence electrons. The molecular formula is C18H20N2O. The molecule has 0 fully saturated rings. The van der Waals surface area contributed by atoms with E-state index in [0.717, 1.165) is 29.1 Å². The smallest absolute Gasteiger partial charge is 0.128 e. The highest BCUT2D eigenvalue weighted by Gasteiger charge is 2.10. The van der Waals surface area contributed by atoms with Crippen molar-refractivity contribution in [1.29, 1.82) is 0 Å². The number of nitrogens with zero attached hydrogens (tertiary/aromatic N) is 1. The van der Waals surface area contributed by atoms with Gasteiger partial charge in [0.1, 0.15) is 12.4 Å². The van der Waals surface area contributed by atoms with Gasteiger partial charge in [-0.2, -0.15) is 0 Å². The predicted octanol–water partition coefficient (Wildman–Crippen LogP) is 4.13. The fraction of sp³-hybridized carbons (Fsp3) is 0.222. The van der Waals surface area contributed by atoms with Crippen LogP contribution in [0.15, 0.2) is 48.5 Å². The average Bonchev–Trinajstić information content (AvgIpc) is 2.84. The first-order valence-corrected chi connectivity index (χ1v) is 7.25. The van der Waals surface area contributed by atoms with Crippen LogP contribution in [0, 0.1) is 6.92 Å². The van der Waals surface area contributed by atoms with E-state index in [2.05, 4.69) is 36.6 Å². The van der Waals surface area contributed by atoms with E-state index < -0.39 is 0 Å². The first-order valence-electron chi connectivity index (χ1n) is 7.25. The van der Waals surface area contributed by atoms with Gasteiger partial charge in [-0.15, -0.1) is 0 Å². The first-order chi connectivity index (χ1) is 10.2.